The van der Waals surface area contributed by atoms with E-state index in [-0.39, 0.29) is 11.7 Å². The Labute approximate surface area is 144 Å². The molecule has 8 heteroatoms. The maximum atomic E-state index is 11.8. The number of amides is 1. The number of carbonyl (C=O) groups excluding carboxylic acids is 1. The number of benzene rings is 1. The van der Waals surface area contributed by atoms with E-state index in [1.807, 2.05) is 50.2 Å². The van der Waals surface area contributed by atoms with Crippen molar-refractivity contribution in [3.63, 3.8) is 0 Å². The molecule has 1 aromatic carbocycles. The molecule has 0 unspecified atom stereocenters. The summed E-state index contributed by atoms with van der Waals surface area (Å²) >= 11 is 6.37. The molecule has 1 heterocycles. The first-order valence-electron chi connectivity index (χ1n) is 6.89. The topological polar surface area (TPSA) is 78.9 Å². The van der Waals surface area contributed by atoms with E-state index in [1.165, 1.54) is 11.8 Å². The molecule has 0 atom stereocenters. The van der Waals surface area contributed by atoms with Crippen LogP contribution in [0.4, 0.5) is 5.69 Å². The Morgan fingerprint density at radius 3 is 2.43 bits per heavy atom. The highest BCUT2D eigenvalue weighted by Gasteiger charge is 2.06. The number of hydrazine groups is 1. The van der Waals surface area contributed by atoms with Crippen LogP contribution in [0.3, 0.4) is 0 Å². The molecule has 0 fully saturated rings. The molecule has 1 aromatic heterocycles. The summed E-state index contributed by atoms with van der Waals surface area (Å²) in [5.41, 5.74) is 7.80. The predicted molar refractivity (Wildman–Crippen MR) is 96.2 cm³/mol. The lowest BCUT2D eigenvalue weighted by molar-refractivity contribution is -0.119. The summed E-state index contributed by atoms with van der Waals surface area (Å²) in [6, 6.07) is 11.3. The van der Waals surface area contributed by atoms with Crippen molar-refractivity contribution in [2.45, 2.75) is 19.0 Å². The van der Waals surface area contributed by atoms with Crippen LogP contribution in [0.25, 0.3) is 0 Å². The molecule has 0 aliphatic rings. The number of thioether (sulfide) groups is 1. The number of aromatic nitrogens is 2. The van der Waals surface area contributed by atoms with E-state index >= 15 is 0 Å². The Balaban J connectivity index is 1.73. The Morgan fingerprint density at radius 1 is 1.13 bits per heavy atom. The average Bonchev–Trinajstić information content (AvgIpc) is 2.51. The van der Waals surface area contributed by atoms with Crippen LogP contribution in [0, 0.1) is 13.8 Å². The predicted octanol–water partition coefficient (Wildman–Crippen LogP) is 2.20. The third-order valence-electron chi connectivity index (χ3n) is 2.64. The second-order valence-electron chi connectivity index (χ2n) is 4.72. The summed E-state index contributed by atoms with van der Waals surface area (Å²) in [5, 5.41) is 3.86. The van der Waals surface area contributed by atoms with Crippen LogP contribution in [0.2, 0.25) is 0 Å². The molecule has 23 heavy (non-hydrogen) atoms. The summed E-state index contributed by atoms with van der Waals surface area (Å²) in [6.07, 6.45) is 0. The van der Waals surface area contributed by atoms with Gasteiger partial charge < -0.3 is 5.32 Å². The fourth-order valence-corrected chi connectivity index (χ4v) is 2.65. The number of aryl methyl sites for hydroxylation is 2. The molecular formula is C15H17N5OS2. The van der Waals surface area contributed by atoms with Gasteiger partial charge in [0.15, 0.2) is 10.3 Å². The normalized spacial score (nSPS) is 10.0. The van der Waals surface area contributed by atoms with Crippen LogP contribution in [0.5, 0.6) is 0 Å². The lowest BCUT2D eigenvalue weighted by Crippen LogP contribution is -2.44. The van der Waals surface area contributed by atoms with Crippen molar-refractivity contribution >= 4 is 40.7 Å². The molecule has 2 aromatic rings. The van der Waals surface area contributed by atoms with Gasteiger partial charge in [-0.25, -0.2) is 9.97 Å². The highest BCUT2D eigenvalue weighted by molar-refractivity contribution is 7.99. The van der Waals surface area contributed by atoms with Crippen LogP contribution >= 0.6 is 24.0 Å². The fourth-order valence-electron chi connectivity index (χ4n) is 1.73. The molecule has 2 rings (SSSR count). The minimum atomic E-state index is -0.213. The maximum Gasteiger partial charge on any atom is 0.248 e. The van der Waals surface area contributed by atoms with Crippen molar-refractivity contribution in [1.29, 1.82) is 0 Å². The number of rotatable bonds is 4. The number of para-hydroxylation sites is 1. The molecule has 120 valence electrons. The number of anilines is 1. The standard InChI is InChI=1S/C15H17N5OS2/c1-10-8-11(2)17-15(16-10)23-9-13(21)19-20-14(22)18-12-6-4-3-5-7-12/h3-8H,9H2,1-2H3,(H,19,21)(H2,18,20,22). The minimum absolute atomic E-state index is 0.198. The Bertz CT molecular complexity index is 673. The van der Waals surface area contributed by atoms with E-state index in [0.717, 1.165) is 17.1 Å². The Kier molecular flexibility index (Phi) is 6.30. The van der Waals surface area contributed by atoms with Crippen molar-refractivity contribution in [2.75, 3.05) is 11.1 Å². The van der Waals surface area contributed by atoms with Gasteiger partial charge in [0.25, 0.3) is 0 Å². The van der Waals surface area contributed by atoms with Gasteiger partial charge in [-0.1, -0.05) is 30.0 Å². The van der Waals surface area contributed by atoms with Gasteiger partial charge in [-0.2, -0.15) is 0 Å². The molecule has 0 spiro atoms. The van der Waals surface area contributed by atoms with Crippen LogP contribution in [0.1, 0.15) is 11.4 Å². The molecular weight excluding hydrogens is 330 g/mol. The second-order valence-corrected chi connectivity index (χ2v) is 6.07. The van der Waals surface area contributed by atoms with Gasteiger partial charge in [0.05, 0.1) is 5.75 Å². The molecule has 6 nitrogen and oxygen atoms in total. The van der Waals surface area contributed by atoms with Crippen LogP contribution in [0.15, 0.2) is 41.6 Å². The van der Waals surface area contributed by atoms with E-state index in [0.29, 0.717) is 10.3 Å². The highest BCUT2D eigenvalue weighted by atomic mass is 32.2. The first-order chi connectivity index (χ1) is 11.0. The molecule has 0 bridgehead atoms. The van der Waals surface area contributed by atoms with Crippen molar-refractivity contribution < 1.29 is 4.79 Å². The van der Waals surface area contributed by atoms with Crippen molar-refractivity contribution in [3.05, 3.63) is 47.8 Å². The summed E-state index contributed by atoms with van der Waals surface area (Å²) in [6.45, 7) is 3.79. The third kappa shape index (κ3) is 6.21. The SMILES string of the molecule is Cc1cc(C)nc(SCC(=O)NNC(=S)Nc2ccccc2)n1. The first kappa shape index (κ1) is 17.2. The van der Waals surface area contributed by atoms with Gasteiger partial charge in [-0.05, 0) is 44.3 Å². The molecule has 0 aliphatic carbocycles. The molecule has 0 radical (unpaired) electrons. The molecule has 0 saturated carbocycles. The smallest absolute Gasteiger partial charge is 0.248 e. The quantitative estimate of drug-likeness (QED) is 0.339. The second kappa shape index (κ2) is 8.44. The zero-order valence-corrected chi connectivity index (χ0v) is 14.4. The molecule has 0 saturated heterocycles. The molecule has 1 amide bonds. The zero-order chi connectivity index (χ0) is 16.7. The Hall–Kier alpha value is -2.19. The lowest BCUT2D eigenvalue weighted by Gasteiger charge is -2.11. The van der Waals surface area contributed by atoms with Crippen molar-refractivity contribution in [2.24, 2.45) is 0 Å². The summed E-state index contributed by atoms with van der Waals surface area (Å²) in [4.78, 5) is 20.3. The van der Waals surface area contributed by atoms with E-state index in [9.17, 15) is 4.79 Å². The van der Waals surface area contributed by atoms with E-state index in [4.69, 9.17) is 12.2 Å². The number of hydrogen-bond donors (Lipinski definition) is 3. The van der Waals surface area contributed by atoms with Gasteiger partial charge in [-0.3, -0.25) is 15.6 Å². The van der Waals surface area contributed by atoms with Crippen LogP contribution < -0.4 is 16.2 Å². The fraction of sp³-hybridized carbons (Fsp3) is 0.200. The number of thiocarbonyl (C=S) groups is 1. The maximum absolute atomic E-state index is 11.8. The van der Waals surface area contributed by atoms with Crippen LogP contribution in [-0.4, -0.2) is 26.7 Å². The van der Waals surface area contributed by atoms with E-state index in [1.54, 1.807) is 0 Å². The van der Waals surface area contributed by atoms with Gasteiger partial charge in [0.1, 0.15) is 0 Å². The zero-order valence-electron chi connectivity index (χ0n) is 12.8. The van der Waals surface area contributed by atoms with Gasteiger partial charge in [-0.15, -0.1) is 0 Å². The third-order valence-corrected chi connectivity index (χ3v) is 3.69. The number of carbonyl (C=O) groups is 1. The van der Waals surface area contributed by atoms with E-state index < -0.39 is 0 Å². The number of hydrogen-bond acceptors (Lipinski definition) is 5. The van der Waals surface area contributed by atoms with Crippen molar-refractivity contribution in [3.8, 4) is 0 Å². The van der Waals surface area contributed by atoms with Gasteiger partial charge >= 0.3 is 0 Å². The number of nitrogens with one attached hydrogen (secondary N) is 3. The summed E-state index contributed by atoms with van der Waals surface area (Å²) in [5.74, 6) is -0.0147. The summed E-state index contributed by atoms with van der Waals surface area (Å²) < 4.78 is 0. The van der Waals surface area contributed by atoms with Crippen LogP contribution in [-0.2, 0) is 4.79 Å². The van der Waals surface area contributed by atoms with Gasteiger partial charge in [0.2, 0.25) is 5.91 Å². The van der Waals surface area contributed by atoms with Crippen molar-refractivity contribution in [1.82, 2.24) is 20.8 Å². The van der Waals surface area contributed by atoms with E-state index in [2.05, 4.69) is 26.1 Å². The first-order valence-corrected chi connectivity index (χ1v) is 8.28. The monoisotopic (exact) mass is 347 g/mol. The lowest BCUT2D eigenvalue weighted by atomic mass is 10.3. The highest BCUT2D eigenvalue weighted by Crippen LogP contribution is 2.13. The summed E-state index contributed by atoms with van der Waals surface area (Å²) in [7, 11) is 0. The van der Waals surface area contributed by atoms with Gasteiger partial charge in [0, 0.05) is 17.1 Å². The molecule has 0 aliphatic heterocycles. The Morgan fingerprint density at radius 2 is 1.78 bits per heavy atom. The largest absolute Gasteiger partial charge is 0.331 e. The molecule has 3 N–H and O–H groups in total. The minimum Gasteiger partial charge on any atom is -0.331 e. The average molecular weight is 347 g/mol. The number of nitrogens with zero attached hydrogens (tertiary/aromatic N) is 2.